The van der Waals surface area contributed by atoms with Crippen molar-refractivity contribution in [2.45, 2.75) is 34.0 Å². The van der Waals surface area contributed by atoms with Gasteiger partial charge in [0.2, 0.25) is 0 Å². The van der Waals surface area contributed by atoms with Gasteiger partial charge in [0.05, 0.1) is 0 Å². The summed E-state index contributed by atoms with van der Waals surface area (Å²) in [6.45, 7) is 4.19. The lowest BCUT2D eigenvalue weighted by atomic mass is 10.3. The fourth-order valence-corrected chi connectivity index (χ4v) is 4.71. The summed E-state index contributed by atoms with van der Waals surface area (Å²) in [7, 11) is 0. The minimum absolute atomic E-state index is 0.653. The molecule has 0 bridgehead atoms. The molecule has 0 aromatic carbocycles. The van der Waals surface area contributed by atoms with E-state index in [1.165, 1.54) is 11.8 Å². The van der Waals surface area contributed by atoms with E-state index in [1.807, 2.05) is 24.3 Å². The molecule has 0 aliphatic carbocycles. The second-order valence-corrected chi connectivity index (χ2v) is 8.21. The predicted molar refractivity (Wildman–Crippen MR) is 95.1 cm³/mol. The number of pyridine rings is 1. The number of aromatic nitrogens is 5. The molecular weight excluding hydrogens is 346 g/mol. The van der Waals surface area contributed by atoms with Crippen molar-refractivity contribution in [1.82, 2.24) is 25.1 Å². The van der Waals surface area contributed by atoms with Crippen molar-refractivity contribution >= 4 is 34.9 Å². The summed E-state index contributed by atoms with van der Waals surface area (Å²) in [6.07, 6.45) is 2.60. The lowest BCUT2D eigenvalue weighted by Gasteiger charge is -2.05. The normalized spacial score (nSPS) is 10.9. The van der Waals surface area contributed by atoms with Crippen molar-refractivity contribution in [3.05, 3.63) is 36.2 Å². The number of thioether (sulfide) groups is 1. The Balaban J connectivity index is 1.89. The molecule has 0 radical (unpaired) electrons. The maximum Gasteiger partial charge on any atom is 0.181 e. The van der Waals surface area contributed by atoms with E-state index in [0.29, 0.717) is 5.82 Å². The van der Waals surface area contributed by atoms with E-state index in [-0.39, 0.29) is 0 Å². The van der Waals surface area contributed by atoms with Gasteiger partial charge in [0.25, 0.3) is 0 Å². The zero-order valence-corrected chi connectivity index (χ0v) is 15.2. The fraction of sp³-hybridized carbons (Fsp3) is 0.267. The highest BCUT2D eigenvalue weighted by Crippen LogP contribution is 2.33. The number of aryl methyl sites for hydroxylation is 1. The van der Waals surface area contributed by atoms with Crippen LogP contribution in [0.5, 0.6) is 0 Å². The molecule has 0 amide bonds. The molecule has 5 nitrogen and oxygen atoms in total. The minimum Gasteiger partial charge on any atom is -0.253 e. The zero-order chi connectivity index (χ0) is 16.1. The second kappa shape index (κ2) is 7.85. The van der Waals surface area contributed by atoms with Gasteiger partial charge in [0.15, 0.2) is 14.5 Å². The van der Waals surface area contributed by atoms with Gasteiger partial charge in [-0.3, -0.25) is 4.98 Å². The Hall–Kier alpha value is -1.51. The van der Waals surface area contributed by atoms with Gasteiger partial charge in [-0.05, 0) is 42.1 Å². The monoisotopic (exact) mass is 361 g/mol. The minimum atomic E-state index is 0.653. The fourth-order valence-electron chi connectivity index (χ4n) is 1.83. The maximum absolute atomic E-state index is 4.62. The van der Waals surface area contributed by atoms with Crippen molar-refractivity contribution in [2.24, 2.45) is 0 Å². The molecular formula is C15H15N5S3. The van der Waals surface area contributed by atoms with Crippen LogP contribution in [0, 0.1) is 0 Å². The molecule has 0 atom stereocenters. The van der Waals surface area contributed by atoms with Crippen LogP contribution in [0.15, 0.2) is 44.2 Å². The van der Waals surface area contributed by atoms with E-state index >= 15 is 0 Å². The van der Waals surface area contributed by atoms with Gasteiger partial charge < -0.3 is 0 Å². The molecule has 118 valence electrons. The lowest BCUT2D eigenvalue weighted by molar-refractivity contribution is 0.936. The van der Waals surface area contributed by atoms with Gasteiger partial charge >= 0.3 is 0 Å². The van der Waals surface area contributed by atoms with Crippen molar-refractivity contribution in [3.63, 3.8) is 0 Å². The maximum atomic E-state index is 4.62. The molecule has 8 heteroatoms. The van der Waals surface area contributed by atoms with E-state index in [2.05, 4.69) is 39.0 Å². The highest BCUT2D eigenvalue weighted by atomic mass is 32.2. The summed E-state index contributed by atoms with van der Waals surface area (Å²) >= 11 is 4.82. The van der Waals surface area contributed by atoms with Gasteiger partial charge in [0.1, 0.15) is 10.7 Å². The molecule has 0 saturated heterocycles. The third kappa shape index (κ3) is 4.27. The van der Waals surface area contributed by atoms with Crippen LogP contribution in [0.1, 0.15) is 19.5 Å². The smallest absolute Gasteiger partial charge is 0.181 e. The molecule has 3 heterocycles. The van der Waals surface area contributed by atoms with E-state index in [0.717, 1.165) is 37.3 Å². The molecule has 0 aliphatic heterocycles. The van der Waals surface area contributed by atoms with Crippen molar-refractivity contribution in [1.29, 1.82) is 0 Å². The average Bonchev–Trinajstić information content (AvgIpc) is 3.02. The summed E-state index contributed by atoms with van der Waals surface area (Å²) < 4.78 is 1.89. The standard InChI is InChI=1S/C15H15N5S3/c1-3-10-9-12(22-15-20-19-14(23-15)21-4-2)18-13(17-10)11-7-5-6-8-16-11/h5-9H,3-4H2,1-2H3. The summed E-state index contributed by atoms with van der Waals surface area (Å²) in [4.78, 5) is 13.5. The third-order valence-electron chi connectivity index (χ3n) is 2.86. The Morgan fingerprint density at radius 3 is 2.70 bits per heavy atom. The summed E-state index contributed by atoms with van der Waals surface area (Å²) in [5.74, 6) is 1.65. The van der Waals surface area contributed by atoms with E-state index < -0.39 is 0 Å². The molecule has 0 N–H and O–H groups in total. The SMILES string of the molecule is CCSc1nnc(Sc2cc(CC)nc(-c3ccccn3)n2)s1. The first kappa shape index (κ1) is 16.4. The number of hydrogen-bond donors (Lipinski definition) is 0. The van der Waals surface area contributed by atoms with Crippen LogP contribution < -0.4 is 0 Å². The molecule has 0 aliphatic rings. The quantitative estimate of drug-likeness (QED) is 0.481. The van der Waals surface area contributed by atoms with Crippen molar-refractivity contribution < 1.29 is 0 Å². The Labute approximate surface area is 147 Å². The van der Waals surface area contributed by atoms with Gasteiger partial charge in [-0.2, -0.15) is 0 Å². The van der Waals surface area contributed by atoms with E-state index in [9.17, 15) is 0 Å². The third-order valence-corrected chi connectivity index (χ3v) is 5.77. The van der Waals surface area contributed by atoms with Crippen LogP contribution in [-0.4, -0.2) is 30.9 Å². The number of nitrogens with zero attached hydrogens (tertiary/aromatic N) is 5. The molecule has 3 rings (SSSR count). The number of hydrogen-bond acceptors (Lipinski definition) is 8. The summed E-state index contributed by atoms with van der Waals surface area (Å²) in [5.41, 5.74) is 1.78. The molecule has 23 heavy (non-hydrogen) atoms. The van der Waals surface area contributed by atoms with Crippen LogP contribution in [0.4, 0.5) is 0 Å². The molecule has 3 aromatic heterocycles. The Bertz CT molecular complexity index is 776. The van der Waals surface area contributed by atoms with Gasteiger partial charge in [-0.15, -0.1) is 10.2 Å². The summed E-state index contributed by atoms with van der Waals surface area (Å²) in [5, 5.41) is 9.28. The van der Waals surface area contributed by atoms with E-state index in [4.69, 9.17) is 0 Å². The summed E-state index contributed by atoms with van der Waals surface area (Å²) in [6, 6.07) is 7.75. The largest absolute Gasteiger partial charge is 0.253 e. The predicted octanol–water partition coefficient (Wildman–Crippen LogP) is 4.22. The first-order valence-electron chi connectivity index (χ1n) is 7.22. The van der Waals surface area contributed by atoms with Crippen LogP contribution in [0.2, 0.25) is 0 Å². The Morgan fingerprint density at radius 1 is 1.09 bits per heavy atom. The molecule has 0 saturated carbocycles. The van der Waals surface area contributed by atoms with Crippen LogP contribution >= 0.6 is 34.9 Å². The molecule has 0 spiro atoms. The van der Waals surface area contributed by atoms with E-state index in [1.54, 1.807) is 29.3 Å². The average molecular weight is 362 g/mol. The van der Waals surface area contributed by atoms with Crippen molar-refractivity contribution in [3.8, 4) is 11.5 Å². The lowest BCUT2D eigenvalue weighted by Crippen LogP contribution is -1.97. The topological polar surface area (TPSA) is 64.5 Å². The Morgan fingerprint density at radius 2 is 1.96 bits per heavy atom. The van der Waals surface area contributed by atoms with Gasteiger partial charge in [-0.1, -0.05) is 43.0 Å². The van der Waals surface area contributed by atoms with Crippen LogP contribution in [-0.2, 0) is 6.42 Å². The molecule has 0 unspecified atom stereocenters. The zero-order valence-electron chi connectivity index (χ0n) is 12.8. The number of rotatable bonds is 6. The molecule has 3 aromatic rings. The first-order valence-corrected chi connectivity index (χ1v) is 9.84. The molecule has 0 fully saturated rings. The second-order valence-electron chi connectivity index (χ2n) is 4.46. The first-order chi connectivity index (χ1) is 11.3. The highest BCUT2D eigenvalue weighted by Gasteiger charge is 2.11. The Kier molecular flexibility index (Phi) is 5.58. The van der Waals surface area contributed by atoms with Gasteiger partial charge in [-0.25, -0.2) is 9.97 Å². The van der Waals surface area contributed by atoms with Crippen molar-refractivity contribution in [2.75, 3.05) is 5.75 Å². The van der Waals surface area contributed by atoms with Gasteiger partial charge in [0, 0.05) is 11.9 Å². The van der Waals surface area contributed by atoms with Crippen LogP contribution in [0.25, 0.3) is 11.5 Å². The highest BCUT2D eigenvalue weighted by molar-refractivity contribution is 8.03. The van der Waals surface area contributed by atoms with Crippen LogP contribution in [0.3, 0.4) is 0 Å².